The first-order valence-corrected chi connectivity index (χ1v) is 8.24. The fourth-order valence-electron chi connectivity index (χ4n) is 3.42. The molecule has 2 fully saturated rings. The molecule has 1 spiro atoms. The molecule has 1 atom stereocenters. The van der Waals surface area contributed by atoms with Crippen LogP contribution in [0.3, 0.4) is 0 Å². The van der Waals surface area contributed by atoms with Gasteiger partial charge in [-0.2, -0.15) is 0 Å². The van der Waals surface area contributed by atoms with E-state index >= 15 is 0 Å². The van der Waals surface area contributed by atoms with Crippen LogP contribution in [0.15, 0.2) is 16.9 Å². The summed E-state index contributed by atoms with van der Waals surface area (Å²) in [5, 5.41) is 3.69. The highest BCUT2D eigenvalue weighted by molar-refractivity contribution is 5.92. The molecule has 0 saturated carbocycles. The Morgan fingerprint density at radius 1 is 1.43 bits per heavy atom. The van der Waals surface area contributed by atoms with Gasteiger partial charge in [0.15, 0.2) is 5.69 Å². The molecule has 0 N–H and O–H groups in total. The van der Waals surface area contributed by atoms with Gasteiger partial charge >= 0.3 is 6.09 Å². The molecule has 0 aromatic carbocycles. The summed E-state index contributed by atoms with van der Waals surface area (Å²) in [6.45, 7) is 5.93. The molecule has 7 heteroatoms. The van der Waals surface area contributed by atoms with Gasteiger partial charge in [0, 0.05) is 38.0 Å². The van der Waals surface area contributed by atoms with Crippen LogP contribution in [0.1, 0.15) is 50.0 Å². The lowest BCUT2D eigenvalue weighted by molar-refractivity contribution is 0.00280. The lowest BCUT2D eigenvalue weighted by Crippen LogP contribution is -2.49. The highest BCUT2D eigenvalue weighted by atomic mass is 16.6. The van der Waals surface area contributed by atoms with Crippen LogP contribution in [-0.4, -0.2) is 58.2 Å². The van der Waals surface area contributed by atoms with E-state index in [1.807, 2.05) is 4.90 Å². The topological polar surface area (TPSA) is 75.9 Å². The van der Waals surface area contributed by atoms with Crippen LogP contribution in [0.2, 0.25) is 0 Å². The van der Waals surface area contributed by atoms with Gasteiger partial charge in [-0.15, -0.1) is 0 Å². The zero-order valence-electron chi connectivity index (χ0n) is 13.7. The molecule has 2 saturated heterocycles. The van der Waals surface area contributed by atoms with Crippen molar-refractivity contribution >= 4 is 12.0 Å². The van der Waals surface area contributed by atoms with E-state index in [4.69, 9.17) is 9.26 Å². The van der Waals surface area contributed by atoms with Crippen molar-refractivity contribution in [1.82, 2.24) is 15.0 Å². The quantitative estimate of drug-likeness (QED) is 0.850. The number of amides is 2. The van der Waals surface area contributed by atoms with Crippen molar-refractivity contribution < 1.29 is 18.8 Å². The highest BCUT2D eigenvalue weighted by Gasteiger charge is 2.48. The summed E-state index contributed by atoms with van der Waals surface area (Å²) in [5.74, 6) is -0.130. The van der Waals surface area contributed by atoms with Gasteiger partial charge in [0.2, 0.25) is 0 Å². The van der Waals surface area contributed by atoms with Crippen molar-refractivity contribution in [3.8, 4) is 0 Å². The Bertz CT molecular complexity index is 564. The molecule has 1 aromatic heterocycles. The number of carbonyl (C=O) groups excluding carboxylic acids is 2. The van der Waals surface area contributed by atoms with Crippen LogP contribution < -0.4 is 0 Å². The molecular formula is C16H23N3O4. The fraction of sp³-hybridized carbons (Fsp3) is 0.688. The van der Waals surface area contributed by atoms with Crippen LogP contribution in [0, 0.1) is 0 Å². The molecule has 126 valence electrons. The van der Waals surface area contributed by atoms with E-state index in [-0.39, 0.29) is 18.0 Å². The van der Waals surface area contributed by atoms with Crippen molar-refractivity contribution in [2.75, 3.05) is 19.6 Å². The first-order chi connectivity index (χ1) is 11.0. The van der Waals surface area contributed by atoms with Crippen molar-refractivity contribution in [3.63, 3.8) is 0 Å². The zero-order valence-corrected chi connectivity index (χ0v) is 13.7. The molecule has 0 unspecified atom stereocenters. The number of piperidine rings is 1. The van der Waals surface area contributed by atoms with E-state index in [0.29, 0.717) is 38.2 Å². The molecule has 0 aliphatic carbocycles. The summed E-state index contributed by atoms with van der Waals surface area (Å²) >= 11 is 0. The van der Waals surface area contributed by atoms with Gasteiger partial charge < -0.3 is 19.1 Å². The van der Waals surface area contributed by atoms with Gasteiger partial charge in [0.25, 0.3) is 5.91 Å². The summed E-state index contributed by atoms with van der Waals surface area (Å²) in [5.41, 5.74) is -0.123. The molecule has 7 nitrogen and oxygen atoms in total. The largest absolute Gasteiger partial charge is 0.441 e. The third-order valence-corrected chi connectivity index (χ3v) is 4.85. The Balaban J connectivity index is 1.60. The summed E-state index contributed by atoms with van der Waals surface area (Å²) in [6.07, 6.45) is 4.52. The third-order valence-electron chi connectivity index (χ3n) is 4.85. The van der Waals surface area contributed by atoms with Crippen LogP contribution in [-0.2, 0) is 4.74 Å². The second-order valence-electron chi connectivity index (χ2n) is 6.49. The van der Waals surface area contributed by atoms with E-state index in [9.17, 15) is 9.59 Å². The minimum absolute atomic E-state index is 0.130. The van der Waals surface area contributed by atoms with E-state index in [2.05, 4.69) is 19.0 Å². The van der Waals surface area contributed by atoms with Crippen molar-refractivity contribution in [2.45, 2.75) is 51.2 Å². The van der Waals surface area contributed by atoms with Crippen LogP contribution in [0.5, 0.6) is 0 Å². The summed E-state index contributed by atoms with van der Waals surface area (Å²) in [7, 11) is 0. The molecule has 2 amide bonds. The van der Waals surface area contributed by atoms with Crippen LogP contribution in [0.25, 0.3) is 0 Å². The molecule has 0 radical (unpaired) electrons. The van der Waals surface area contributed by atoms with E-state index in [1.54, 1.807) is 11.0 Å². The fourth-order valence-corrected chi connectivity index (χ4v) is 3.42. The average Bonchev–Trinajstić information content (AvgIpc) is 3.16. The first kappa shape index (κ1) is 15.8. The van der Waals surface area contributed by atoms with Gasteiger partial charge in [-0.25, -0.2) is 4.79 Å². The van der Waals surface area contributed by atoms with Gasteiger partial charge in [0.05, 0.1) is 6.54 Å². The Morgan fingerprint density at radius 2 is 2.17 bits per heavy atom. The van der Waals surface area contributed by atoms with Crippen molar-refractivity contribution in [3.05, 3.63) is 18.0 Å². The number of rotatable bonds is 4. The number of ether oxygens (including phenoxy) is 1. The van der Waals surface area contributed by atoms with Gasteiger partial charge in [-0.05, 0) is 13.3 Å². The lowest BCUT2D eigenvalue weighted by atomic mass is 9.90. The first-order valence-electron chi connectivity index (χ1n) is 8.24. The zero-order chi connectivity index (χ0) is 16.4. The SMILES string of the molecule is CCC[C@@H](C)N1CC2(CCN(C(=O)c3ccon3)CC2)OC1=O. The number of hydrogen-bond donors (Lipinski definition) is 0. The standard InChI is InChI=1S/C16H23N3O4/c1-3-4-12(2)19-11-16(23-15(19)21)6-8-18(9-7-16)14(20)13-5-10-22-17-13/h5,10,12H,3-4,6-9,11H2,1-2H3/t12-/m1/s1. The Labute approximate surface area is 135 Å². The predicted molar refractivity (Wildman–Crippen MR) is 81.9 cm³/mol. The number of aromatic nitrogens is 1. The van der Waals surface area contributed by atoms with E-state index < -0.39 is 5.60 Å². The normalized spacial score (nSPS) is 21.6. The Hall–Kier alpha value is -2.05. The van der Waals surface area contributed by atoms with Crippen molar-refractivity contribution in [2.24, 2.45) is 0 Å². The average molecular weight is 321 g/mol. The molecule has 1 aromatic rings. The number of hydrogen-bond acceptors (Lipinski definition) is 5. The van der Waals surface area contributed by atoms with Crippen LogP contribution >= 0.6 is 0 Å². The summed E-state index contributed by atoms with van der Waals surface area (Å²) in [4.78, 5) is 28.0. The monoisotopic (exact) mass is 321 g/mol. The second-order valence-corrected chi connectivity index (χ2v) is 6.49. The summed E-state index contributed by atoms with van der Waals surface area (Å²) in [6, 6.07) is 1.76. The lowest BCUT2D eigenvalue weighted by Gasteiger charge is -2.37. The van der Waals surface area contributed by atoms with Gasteiger partial charge in [-0.1, -0.05) is 18.5 Å². The van der Waals surface area contributed by atoms with Crippen molar-refractivity contribution in [1.29, 1.82) is 0 Å². The van der Waals surface area contributed by atoms with Crippen LogP contribution in [0.4, 0.5) is 4.79 Å². The minimum atomic E-state index is -0.445. The highest BCUT2D eigenvalue weighted by Crippen LogP contribution is 2.35. The van der Waals surface area contributed by atoms with Gasteiger partial charge in [0.1, 0.15) is 11.9 Å². The van der Waals surface area contributed by atoms with Gasteiger partial charge in [-0.3, -0.25) is 4.79 Å². The smallest absolute Gasteiger partial charge is 0.410 e. The predicted octanol–water partition coefficient (Wildman–Crippen LogP) is 2.29. The maximum absolute atomic E-state index is 12.3. The molecule has 2 aliphatic rings. The maximum atomic E-state index is 12.3. The molecular weight excluding hydrogens is 298 g/mol. The Morgan fingerprint density at radius 3 is 2.78 bits per heavy atom. The molecule has 3 heterocycles. The molecule has 23 heavy (non-hydrogen) atoms. The number of nitrogens with zero attached hydrogens (tertiary/aromatic N) is 3. The third kappa shape index (κ3) is 3.04. The van der Waals surface area contributed by atoms with E-state index in [0.717, 1.165) is 12.8 Å². The Kier molecular flexibility index (Phi) is 4.28. The minimum Gasteiger partial charge on any atom is -0.441 e. The van der Waals surface area contributed by atoms with E-state index in [1.165, 1.54) is 6.26 Å². The number of likely N-dealkylation sites (tertiary alicyclic amines) is 1. The second kappa shape index (κ2) is 6.22. The maximum Gasteiger partial charge on any atom is 0.410 e. The molecule has 3 rings (SSSR count). The number of carbonyl (C=O) groups is 2. The molecule has 0 bridgehead atoms. The molecule has 2 aliphatic heterocycles. The summed E-state index contributed by atoms with van der Waals surface area (Å²) < 4.78 is 10.4.